The molecule has 144 valence electrons. The summed E-state index contributed by atoms with van der Waals surface area (Å²) in [7, 11) is 1.59. The Labute approximate surface area is 161 Å². The van der Waals surface area contributed by atoms with E-state index in [4.69, 9.17) is 10.5 Å². The zero-order chi connectivity index (χ0) is 19.4. The Kier molecular flexibility index (Phi) is 5.95. The first kappa shape index (κ1) is 19.2. The van der Waals surface area contributed by atoms with E-state index >= 15 is 0 Å². The summed E-state index contributed by atoms with van der Waals surface area (Å²) in [6, 6.07) is 6.36. The lowest BCUT2D eigenvalue weighted by atomic mass is 9.84. The van der Waals surface area contributed by atoms with Gasteiger partial charge in [-0.3, -0.25) is 4.79 Å². The Hall–Kier alpha value is -2.61. The lowest BCUT2D eigenvalue weighted by molar-refractivity contribution is -0.141. The van der Waals surface area contributed by atoms with E-state index in [0.29, 0.717) is 5.01 Å². The van der Waals surface area contributed by atoms with Gasteiger partial charge >= 0.3 is 5.97 Å². The van der Waals surface area contributed by atoms with E-state index in [-0.39, 0.29) is 16.6 Å². The highest BCUT2D eigenvalue weighted by Gasteiger charge is 2.32. The van der Waals surface area contributed by atoms with Crippen LogP contribution >= 0.6 is 11.3 Å². The third-order valence-corrected chi connectivity index (χ3v) is 5.81. The van der Waals surface area contributed by atoms with Crippen molar-refractivity contribution in [1.29, 1.82) is 0 Å². The van der Waals surface area contributed by atoms with Crippen molar-refractivity contribution in [2.24, 2.45) is 5.92 Å². The van der Waals surface area contributed by atoms with Gasteiger partial charge in [0, 0.05) is 5.56 Å². The standard InChI is InChI=1S/C19H23N3O4S/c1-26-13-9-7-12(8-10-13)18-22-15(16(20)27-18)17(23)21-14(19(24)25)11-5-3-2-4-6-11/h7-11,14H,2-6,20H2,1H3,(H,21,23)(H,24,25)/t14-/m0/s1. The quantitative estimate of drug-likeness (QED) is 0.699. The fourth-order valence-electron chi connectivity index (χ4n) is 3.41. The van der Waals surface area contributed by atoms with E-state index in [1.807, 2.05) is 12.1 Å². The van der Waals surface area contributed by atoms with Crippen LogP contribution in [0.5, 0.6) is 5.75 Å². The highest BCUT2D eigenvalue weighted by Crippen LogP contribution is 2.32. The number of thiazole rings is 1. The maximum atomic E-state index is 12.6. The molecule has 0 saturated heterocycles. The fourth-order valence-corrected chi connectivity index (χ4v) is 4.24. The number of benzene rings is 1. The van der Waals surface area contributed by atoms with E-state index in [1.54, 1.807) is 19.2 Å². The number of nitrogens with one attached hydrogen (secondary N) is 1. The lowest BCUT2D eigenvalue weighted by Gasteiger charge is -2.27. The number of nitrogen functional groups attached to an aromatic ring is 1. The highest BCUT2D eigenvalue weighted by molar-refractivity contribution is 7.19. The number of rotatable bonds is 6. The predicted molar refractivity (Wildman–Crippen MR) is 104 cm³/mol. The van der Waals surface area contributed by atoms with Gasteiger partial charge in [-0.1, -0.05) is 30.6 Å². The summed E-state index contributed by atoms with van der Waals surface area (Å²) in [5.74, 6) is -0.889. The van der Waals surface area contributed by atoms with Gasteiger partial charge in [-0.15, -0.1) is 0 Å². The first-order chi connectivity index (χ1) is 13.0. The molecule has 8 heteroatoms. The van der Waals surface area contributed by atoms with E-state index in [1.165, 1.54) is 11.3 Å². The number of hydrogen-bond donors (Lipinski definition) is 3. The number of amides is 1. The van der Waals surface area contributed by atoms with Gasteiger partial charge in [-0.05, 0) is 43.0 Å². The first-order valence-electron chi connectivity index (χ1n) is 8.94. The zero-order valence-electron chi connectivity index (χ0n) is 15.1. The van der Waals surface area contributed by atoms with Crippen LogP contribution in [0.25, 0.3) is 10.6 Å². The summed E-state index contributed by atoms with van der Waals surface area (Å²) in [5, 5.41) is 13.1. The molecule has 3 rings (SSSR count). The Morgan fingerprint density at radius 3 is 2.52 bits per heavy atom. The van der Waals surface area contributed by atoms with Crippen molar-refractivity contribution in [3.8, 4) is 16.3 Å². The van der Waals surface area contributed by atoms with E-state index in [9.17, 15) is 14.7 Å². The average Bonchev–Trinajstić information content (AvgIpc) is 3.08. The van der Waals surface area contributed by atoms with E-state index in [2.05, 4.69) is 10.3 Å². The molecule has 1 saturated carbocycles. The van der Waals surface area contributed by atoms with Crippen LogP contribution in [-0.4, -0.2) is 35.1 Å². The van der Waals surface area contributed by atoms with Gasteiger partial charge in [0.2, 0.25) is 0 Å². The number of carboxylic acids is 1. The van der Waals surface area contributed by atoms with Crippen molar-refractivity contribution in [3.05, 3.63) is 30.0 Å². The third kappa shape index (κ3) is 4.39. The van der Waals surface area contributed by atoms with Gasteiger partial charge in [0.15, 0.2) is 5.69 Å². The number of carbonyl (C=O) groups is 2. The maximum absolute atomic E-state index is 12.6. The molecule has 1 heterocycles. The van der Waals surface area contributed by atoms with Crippen LogP contribution in [0.3, 0.4) is 0 Å². The van der Waals surface area contributed by atoms with Crippen molar-refractivity contribution >= 4 is 28.2 Å². The Morgan fingerprint density at radius 1 is 1.26 bits per heavy atom. The van der Waals surface area contributed by atoms with Crippen LogP contribution in [-0.2, 0) is 4.79 Å². The van der Waals surface area contributed by atoms with Crippen molar-refractivity contribution in [1.82, 2.24) is 10.3 Å². The van der Waals surface area contributed by atoms with Gasteiger partial charge in [-0.2, -0.15) is 0 Å². The van der Waals surface area contributed by atoms with Gasteiger partial charge in [0.05, 0.1) is 7.11 Å². The second-order valence-corrected chi connectivity index (χ2v) is 7.68. The number of hydrogen-bond acceptors (Lipinski definition) is 6. The minimum Gasteiger partial charge on any atom is -0.497 e. The molecule has 0 bridgehead atoms. The van der Waals surface area contributed by atoms with Crippen molar-refractivity contribution < 1.29 is 19.4 Å². The van der Waals surface area contributed by atoms with Crippen LogP contribution in [0.1, 0.15) is 42.6 Å². The molecular formula is C19H23N3O4S. The van der Waals surface area contributed by atoms with Crippen LogP contribution in [0.4, 0.5) is 5.00 Å². The topological polar surface area (TPSA) is 115 Å². The zero-order valence-corrected chi connectivity index (χ0v) is 15.9. The highest BCUT2D eigenvalue weighted by atomic mass is 32.1. The third-order valence-electron chi connectivity index (χ3n) is 4.88. The summed E-state index contributed by atoms with van der Waals surface area (Å²) >= 11 is 1.20. The number of aromatic nitrogens is 1. The first-order valence-corrected chi connectivity index (χ1v) is 9.75. The number of carboxylic acid groups (broad SMARTS) is 1. The van der Waals surface area contributed by atoms with E-state index < -0.39 is 17.9 Å². The average molecular weight is 389 g/mol. The smallest absolute Gasteiger partial charge is 0.326 e. The van der Waals surface area contributed by atoms with Crippen LogP contribution in [0.15, 0.2) is 24.3 Å². The number of carbonyl (C=O) groups excluding carboxylic acids is 1. The van der Waals surface area contributed by atoms with Crippen LogP contribution < -0.4 is 15.8 Å². The van der Waals surface area contributed by atoms with Crippen molar-refractivity contribution in [3.63, 3.8) is 0 Å². The van der Waals surface area contributed by atoms with Gasteiger partial charge in [0.25, 0.3) is 5.91 Å². The molecule has 1 aromatic carbocycles. The Bertz CT molecular complexity index is 813. The monoisotopic (exact) mass is 389 g/mol. The number of nitrogens with two attached hydrogens (primary N) is 1. The Morgan fingerprint density at radius 2 is 1.93 bits per heavy atom. The minimum atomic E-state index is -1.01. The summed E-state index contributed by atoms with van der Waals surface area (Å²) in [4.78, 5) is 28.6. The van der Waals surface area contributed by atoms with Crippen molar-refractivity contribution in [2.75, 3.05) is 12.8 Å². The molecule has 27 heavy (non-hydrogen) atoms. The molecular weight excluding hydrogens is 366 g/mol. The second kappa shape index (κ2) is 8.39. The van der Waals surface area contributed by atoms with Crippen LogP contribution in [0, 0.1) is 5.92 Å². The lowest BCUT2D eigenvalue weighted by Crippen LogP contribution is -2.46. The van der Waals surface area contributed by atoms with Gasteiger partial charge in [0.1, 0.15) is 21.8 Å². The molecule has 1 aliphatic carbocycles. The fraction of sp³-hybridized carbons (Fsp3) is 0.421. The van der Waals surface area contributed by atoms with Crippen LogP contribution in [0.2, 0.25) is 0 Å². The Balaban J connectivity index is 1.77. The molecule has 0 aliphatic heterocycles. The molecule has 0 spiro atoms. The largest absolute Gasteiger partial charge is 0.497 e. The summed E-state index contributed by atoms with van der Waals surface area (Å²) in [6.07, 6.45) is 4.71. The maximum Gasteiger partial charge on any atom is 0.326 e. The summed E-state index contributed by atoms with van der Waals surface area (Å²) < 4.78 is 5.13. The number of nitrogens with zero attached hydrogens (tertiary/aromatic N) is 1. The molecule has 1 aliphatic rings. The molecule has 7 nitrogen and oxygen atoms in total. The SMILES string of the molecule is COc1ccc(-c2nc(C(=O)N[C@H](C(=O)O)C3CCCCC3)c(N)s2)cc1. The molecule has 4 N–H and O–H groups in total. The number of methoxy groups -OCH3 is 1. The van der Waals surface area contributed by atoms with Crippen molar-refractivity contribution in [2.45, 2.75) is 38.1 Å². The number of aliphatic carboxylic acids is 1. The molecule has 1 fully saturated rings. The number of ether oxygens (including phenoxy) is 1. The second-order valence-electron chi connectivity index (χ2n) is 6.65. The predicted octanol–water partition coefficient (Wildman–Crippen LogP) is 3.16. The summed E-state index contributed by atoms with van der Waals surface area (Å²) in [5.41, 5.74) is 6.88. The molecule has 1 amide bonds. The normalized spacial score (nSPS) is 15.9. The summed E-state index contributed by atoms with van der Waals surface area (Å²) in [6.45, 7) is 0. The molecule has 1 atom stereocenters. The molecule has 1 aromatic heterocycles. The van der Waals surface area contributed by atoms with Gasteiger partial charge < -0.3 is 20.9 Å². The molecule has 0 radical (unpaired) electrons. The molecule has 0 unspecified atom stereocenters. The van der Waals surface area contributed by atoms with Gasteiger partial charge in [-0.25, -0.2) is 9.78 Å². The molecule has 2 aromatic rings. The minimum absolute atomic E-state index is 0.0545. The number of anilines is 1. The van der Waals surface area contributed by atoms with E-state index in [0.717, 1.165) is 43.4 Å².